The first-order valence-corrected chi connectivity index (χ1v) is 9.02. The van der Waals surface area contributed by atoms with Crippen LogP contribution in [0.25, 0.3) is 0 Å². The zero-order valence-electron chi connectivity index (χ0n) is 12.6. The first-order chi connectivity index (χ1) is 7.84. The van der Waals surface area contributed by atoms with Crippen molar-refractivity contribution in [1.82, 2.24) is 0 Å². The van der Waals surface area contributed by atoms with Crippen LogP contribution in [0.1, 0.15) is 48.0 Å². The van der Waals surface area contributed by atoms with Gasteiger partial charge in [-0.25, -0.2) is 0 Å². The Morgan fingerprint density at radius 3 is 1.76 bits per heavy atom. The minimum absolute atomic E-state index is 0.187. The van der Waals surface area contributed by atoms with Crippen LogP contribution >= 0.6 is 0 Å². The molecule has 0 amide bonds. The summed E-state index contributed by atoms with van der Waals surface area (Å²) >= 11 is 0. The largest absolute Gasteiger partial charge is 0.497 e. The van der Waals surface area contributed by atoms with Crippen LogP contribution < -0.4 is 0 Å². The molecule has 0 aliphatic carbocycles. The van der Waals surface area contributed by atoms with Gasteiger partial charge in [0.05, 0.1) is 0 Å². The van der Waals surface area contributed by atoms with Gasteiger partial charge in [-0.3, -0.25) is 0 Å². The molecular weight excluding hydrogens is 232 g/mol. The molecule has 0 aromatic heterocycles. The van der Waals surface area contributed by atoms with Crippen molar-refractivity contribution in [1.29, 1.82) is 0 Å². The lowest BCUT2D eigenvalue weighted by Gasteiger charge is -2.31. The maximum absolute atomic E-state index is 6.08. The molecule has 2 atom stereocenters. The maximum atomic E-state index is 6.08. The van der Waals surface area contributed by atoms with Crippen molar-refractivity contribution in [3.05, 3.63) is 0 Å². The second-order valence-electron chi connectivity index (χ2n) is 5.16. The summed E-state index contributed by atoms with van der Waals surface area (Å²) < 4.78 is 17.5. The molecule has 0 aromatic carbocycles. The van der Waals surface area contributed by atoms with Gasteiger partial charge in [-0.2, -0.15) is 0 Å². The Morgan fingerprint density at radius 1 is 0.941 bits per heavy atom. The van der Waals surface area contributed by atoms with Crippen LogP contribution in [-0.4, -0.2) is 28.1 Å². The van der Waals surface area contributed by atoms with Crippen molar-refractivity contribution < 1.29 is 13.3 Å². The molecule has 17 heavy (non-hydrogen) atoms. The first-order valence-electron chi connectivity index (χ1n) is 6.80. The molecular formula is C13H30O3Si. The molecule has 4 heteroatoms. The van der Waals surface area contributed by atoms with E-state index in [9.17, 15) is 0 Å². The summed E-state index contributed by atoms with van der Waals surface area (Å²) in [4.78, 5) is 0. The van der Waals surface area contributed by atoms with E-state index in [0.29, 0.717) is 25.0 Å². The molecule has 0 bridgehead atoms. The first kappa shape index (κ1) is 17.1. The molecule has 0 aliphatic rings. The van der Waals surface area contributed by atoms with Crippen molar-refractivity contribution in [3.63, 3.8) is 0 Å². The van der Waals surface area contributed by atoms with E-state index in [-0.39, 0.29) is 6.10 Å². The van der Waals surface area contributed by atoms with Crippen molar-refractivity contribution >= 4 is 8.80 Å². The number of hydrogen-bond acceptors (Lipinski definition) is 3. The molecule has 0 radical (unpaired) electrons. The SMILES string of the molecule is CCO[Si](C)(OCC)OC(C)C(C)CC(C)C. The molecule has 0 spiro atoms. The van der Waals surface area contributed by atoms with Crippen LogP contribution in [0.3, 0.4) is 0 Å². The Bertz CT molecular complexity index is 191. The molecule has 0 rings (SSSR count). The average molecular weight is 262 g/mol. The fourth-order valence-electron chi connectivity index (χ4n) is 2.02. The van der Waals surface area contributed by atoms with E-state index >= 15 is 0 Å². The molecule has 0 fully saturated rings. The van der Waals surface area contributed by atoms with Gasteiger partial charge in [0.2, 0.25) is 0 Å². The predicted molar refractivity (Wildman–Crippen MR) is 74.0 cm³/mol. The van der Waals surface area contributed by atoms with Gasteiger partial charge in [-0.1, -0.05) is 20.8 Å². The van der Waals surface area contributed by atoms with Crippen molar-refractivity contribution in [2.75, 3.05) is 13.2 Å². The molecule has 0 heterocycles. The standard InChI is InChI=1S/C13H30O3Si/c1-8-14-17(7,15-9-2)16-13(6)12(5)10-11(3)4/h11-13H,8-10H2,1-7H3. The highest BCUT2D eigenvalue weighted by molar-refractivity contribution is 6.59. The van der Waals surface area contributed by atoms with Crippen LogP contribution in [0.2, 0.25) is 6.55 Å². The minimum Gasteiger partial charge on any atom is -0.374 e. The monoisotopic (exact) mass is 262 g/mol. The summed E-state index contributed by atoms with van der Waals surface area (Å²) in [6.45, 7) is 16.1. The Balaban J connectivity index is 4.33. The Labute approximate surface area is 108 Å². The minimum atomic E-state index is -2.43. The number of hydrogen-bond donors (Lipinski definition) is 0. The molecule has 0 N–H and O–H groups in total. The van der Waals surface area contributed by atoms with Gasteiger partial charge in [0.15, 0.2) is 0 Å². The fraction of sp³-hybridized carbons (Fsp3) is 1.00. The highest BCUT2D eigenvalue weighted by Crippen LogP contribution is 2.21. The Hall–Kier alpha value is 0.0969. The summed E-state index contributed by atoms with van der Waals surface area (Å²) in [5.74, 6) is 1.23. The quantitative estimate of drug-likeness (QED) is 0.593. The van der Waals surface area contributed by atoms with E-state index in [1.807, 2.05) is 20.4 Å². The van der Waals surface area contributed by atoms with Crippen molar-refractivity contribution in [3.8, 4) is 0 Å². The third-order valence-electron chi connectivity index (χ3n) is 2.86. The molecule has 2 unspecified atom stereocenters. The maximum Gasteiger partial charge on any atom is 0.497 e. The van der Waals surface area contributed by atoms with Gasteiger partial charge in [-0.15, -0.1) is 0 Å². The Kier molecular flexibility index (Phi) is 8.29. The van der Waals surface area contributed by atoms with Crippen LogP contribution in [0, 0.1) is 11.8 Å². The summed E-state index contributed by atoms with van der Waals surface area (Å²) in [7, 11) is -2.43. The van der Waals surface area contributed by atoms with Crippen molar-refractivity contribution in [2.24, 2.45) is 11.8 Å². The van der Waals surface area contributed by atoms with Gasteiger partial charge >= 0.3 is 8.80 Å². The number of rotatable bonds is 9. The fourth-order valence-corrected chi connectivity index (χ4v) is 4.20. The molecule has 0 saturated carbocycles. The Morgan fingerprint density at radius 2 is 1.41 bits per heavy atom. The predicted octanol–water partition coefficient (Wildman–Crippen LogP) is 3.72. The lowest BCUT2D eigenvalue weighted by atomic mass is 9.95. The summed E-state index contributed by atoms with van der Waals surface area (Å²) in [5, 5.41) is 0. The zero-order valence-corrected chi connectivity index (χ0v) is 13.6. The summed E-state index contributed by atoms with van der Waals surface area (Å²) in [6.07, 6.45) is 1.36. The van der Waals surface area contributed by atoms with Gasteiger partial charge < -0.3 is 13.3 Å². The van der Waals surface area contributed by atoms with Gasteiger partial charge in [0, 0.05) is 25.9 Å². The second kappa shape index (κ2) is 8.24. The molecule has 3 nitrogen and oxygen atoms in total. The van der Waals surface area contributed by atoms with Crippen molar-refractivity contribution in [2.45, 2.75) is 60.6 Å². The molecule has 104 valence electrons. The summed E-state index contributed by atoms with van der Waals surface area (Å²) in [6, 6.07) is 0. The third kappa shape index (κ3) is 7.19. The van der Waals surface area contributed by atoms with Gasteiger partial charge in [0.1, 0.15) is 0 Å². The highest BCUT2D eigenvalue weighted by Gasteiger charge is 2.37. The molecule has 0 saturated heterocycles. The van der Waals surface area contributed by atoms with Gasteiger partial charge in [-0.05, 0) is 39.0 Å². The zero-order chi connectivity index (χ0) is 13.5. The van der Waals surface area contributed by atoms with E-state index in [0.717, 1.165) is 0 Å². The average Bonchev–Trinajstić information content (AvgIpc) is 2.16. The van der Waals surface area contributed by atoms with Crippen LogP contribution in [0.15, 0.2) is 0 Å². The highest BCUT2D eigenvalue weighted by atomic mass is 28.4. The topological polar surface area (TPSA) is 27.7 Å². The molecule has 0 aromatic rings. The van der Waals surface area contributed by atoms with Gasteiger partial charge in [0.25, 0.3) is 0 Å². The summed E-state index contributed by atoms with van der Waals surface area (Å²) in [5.41, 5.74) is 0. The third-order valence-corrected chi connectivity index (χ3v) is 5.28. The van der Waals surface area contributed by atoms with Crippen LogP contribution in [0.5, 0.6) is 0 Å². The van der Waals surface area contributed by atoms with E-state index in [4.69, 9.17) is 13.3 Å². The lowest BCUT2D eigenvalue weighted by molar-refractivity contribution is 0.0214. The van der Waals surface area contributed by atoms with E-state index in [2.05, 4.69) is 27.7 Å². The normalized spacial score (nSPS) is 16.2. The second-order valence-corrected chi connectivity index (χ2v) is 7.70. The lowest BCUT2D eigenvalue weighted by Crippen LogP contribution is -2.46. The van der Waals surface area contributed by atoms with E-state index in [1.165, 1.54) is 6.42 Å². The van der Waals surface area contributed by atoms with E-state index < -0.39 is 8.80 Å². The van der Waals surface area contributed by atoms with Crippen LogP contribution in [-0.2, 0) is 13.3 Å². The smallest absolute Gasteiger partial charge is 0.374 e. The van der Waals surface area contributed by atoms with Crippen LogP contribution in [0.4, 0.5) is 0 Å². The molecule has 0 aliphatic heterocycles. The van der Waals surface area contributed by atoms with E-state index in [1.54, 1.807) is 0 Å².